The Kier molecular flexibility index (Phi) is 3.17. The predicted octanol–water partition coefficient (Wildman–Crippen LogP) is 4.00. The molecule has 0 aliphatic heterocycles. The van der Waals surface area contributed by atoms with Crippen LogP contribution in [0.2, 0.25) is 0 Å². The second-order valence-corrected chi connectivity index (χ2v) is 5.34. The lowest BCUT2D eigenvalue weighted by Gasteiger charge is -2.11. The second kappa shape index (κ2) is 4.96. The maximum atomic E-state index is 5.91. The van der Waals surface area contributed by atoms with Crippen LogP contribution in [-0.4, -0.2) is 7.05 Å². The van der Waals surface area contributed by atoms with Crippen molar-refractivity contribution in [2.45, 2.75) is 12.5 Å². The molecule has 0 radical (unpaired) electrons. The molecule has 3 rings (SSSR count). The molecule has 1 N–H and O–H groups in total. The number of para-hydroxylation sites is 1. The van der Waals surface area contributed by atoms with Gasteiger partial charge in [0.15, 0.2) is 0 Å². The topological polar surface area (TPSA) is 25.2 Å². The van der Waals surface area contributed by atoms with Crippen molar-refractivity contribution >= 4 is 22.3 Å². The van der Waals surface area contributed by atoms with Crippen LogP contribution < -0.4 is 5.32 Å². The van der Waals surface area contributed by atoms with Gasteiger partial charge in [0, 0.05) is 16.7 Å². The van der Waals surface area contributed by atoms with Gasteiger partial charge < -0.3 is 9.73 Å². The maximum absolute atomic E-state index is 5.91. The zero-order chi connectivity index (χ0) is 12.4. The first-order valence-electron chi connectivity index (χ1n) is 6.05. The summed E-state index contributed by atoms with van der Waals surface area (Å²) in [5, 5.41) is 6.61. The van der Waals surface area contributed by atoms with E-state index in [1.807, 2.05) is 25.2 Å². The van der Waals surface area contributed by atoms with E-state index in [0.29, 0.717) is 0 Å². The van der Waals surface area contributed by atoms with Gasteiger partial charge in [-0.2, -0.15) is 0 Å². The molecule has 0 spiro atoms. The Balaban J connectivity index is 1.90. The summed E-state index contributed by atoms with van der Waals surface area (Å²) in [7, 11) is 1.98. The lowest BCUT2D eigenvalue weighted by atomic mass is 10.1. The Morgan fingerprint density at radius 3 is 2.83 bits per heavy atom. The third-order valence-corrected chi connectivity index (χ3v) is 4.02. The number of likely N-dealkylation sites (N-methyl/N-ethyl adjacent to an activating group) is 1. The zero-order valence-corrected chi connectivity index (χ0v) is 11.0. The molecule has 2 aromatic heterocycles. The Labute approximate surface area is 110 Å². The number of nitrogens with one attached hydrogen (secondary N) is 1. The Morgan fingerprint density at radius 2 is 2.11 bits per heavy atom. The minimum absolute atomic E-state index is 0.232. The van der Waals surface area contributed by atoms with Crippen LogP contribution in [-0.2, 0) is 6.42 Å². The third-order valence-electron chi connectivity index (χ3n) is 3.12. The summed E-state index contributed by atoms with van der Waals surface area (Å²) < 4.78 is 5.91. The van der Waals surface area contributed by atoms with Crippen molar-refractivity contribution in [2.24, 2.45) is 0 Å². The van der Waals surface area contributed by atoms with Crippen LogP contribution in [0.5, 0.6) is 0 Å². The number of thiophene rings is 1. The lowest BCUT2D eigenvalue weighted by molar-refractivity contribution is 0.452. The van der Waals surface area contributed by atoms with Gasteiger partial charge in [0.1, 0.15) is 11.3 Å². The summed E-state index contributed by atoms with van der Waals surface area (Å²) in [6.45, 7) is 0. The van der Waals surface area contributed by atoms with Crippen molar-refractivity contribution in [1.82, 2.24) is 5.32 Å². The van der Waals surface area contributed by atoms with Gasteiger partial charge in [0.2, 0.25) is 0 Å². The first kappa shape index (κ1) is 11.5. The molecule has 2 heterocycles. The number of hydrogen-bond donors (Lipinski definition) is 1. The van der Waals surface area contributed by atoms with Crippen molar-refractivity contribution in [3.63, 3.8) is 0 Å². The Bertz CT molecular complexity index is 594. The molecule has 0 aliphatic rings. The molecule has 1 unspecified atom stereocenters. The SMILES string of the molecule is CNC(Cc1cccs1)c1cc2ccccc2o1. The summed E-state index contributed by atoms with van der Waals surface area (Å²) >= 11 is 1.79. The predicted molar refractivity (Wildman–Crippen MR) is 76.0 cm³/mol. The van der Waals surface area contributed by atoms with Crippen LogP contribution >= 0.6 is 11.3 Å². The molecule has 0 amide bonds. The maximum Gasteiger partial charge on any atom is 0.134 e. The molecular weight excluding hydrogens is 242 g/mol. The van der Waals surface area contributed by atoms with Crippen LogP contribution in [0.1, 0.15) is 16.7 Å². The molecule has 1 atom stereocenters. The van der Waals surface area contributed by atoms with Gasteiger partial charge in [0.05, 0.1) is 6.04 Å². The first-order valence-corrected chi connectivity index (χ1v) is 6.93. The standard InChI is InChI=1S/C15H15NOS/c1-16-13(10-12-6-4-8-18-12)15-9-11-5-2-3-7-14(11)17-15/h2-9,13,16H,10H2,1H3. The molecule has 2 nitrogen and oxygen atoms in total. The van der Waals surface area contributed by atoms with E-state index in [9.17, 15) is 0 Å². The van der Waals surface area contributed by atoms with Gasteiger partial charge in [-0.15, -0.1) is 11.3 Å². The van der Waals surface area contributed by atoms with Crippen LogP contribution in [0, 0.1) is 0 Å². The van der Waals surface area contributed by atoms with Crippen LogP contribution in [0.25, 0.3) is 11.0 Å². The fraction of sp³-hybridized carbons (Fsp3) is 0.200. The molecule has 0 aliphatic carbocycles. The molecule has 0 fully saturated rings. The number of fused-ring (bicyclic) bond motifs is 1. The van der Waals surface area contributed by atoms with E-state index < -0.39 is 0 Å². The molecule has 0 bridgehead atoms. The largest absolute Gasteiger partial charge is 0.459 e. The van der Waals surface area contributed by atoms with Gasteiger partial charge >= 0.3 is 0 Å². The third kappa shape index (κ3) is 2.19. The average Bonchev–Trinajstić information content (AvgIpc) is 3.04. The van der Waals surface area contributed by atoms with E-state index in [-0.39, 0.29) is 6.04 Å². The summed E-state index contributed by atoms with van der Waals surface area (Å²) in [6, 6.07) is 14.7. The summed E-state index contributed by atoms with van der Waals surface area (Å²) in [4.78, 5) is 1.37. The van der Waals surface area contributed by atoms with Crippen molar-refractivity contribution < 1.29 is 4.42 Å². The molecule has 3 aromatic rings. The molecule has 3 heteroatoms. The normalized spacial score (nSPS) is 12.9. The van der Waals surface area contributed by atoms with E-state index in [1.165, 1.54) is 10.3 Å². The van der Waals surface area contributed by atoms with E-state index in [2.05, 4.69) is 35.0 Å². The van der Waals surface area contributed by atoms with Crippen LogP contribution in [0.4, 0.5) is 0 Å². The zero-order valence-electron chi connectivity index (χ0n) is 10.2. The summed E-state index contributed by atoms with van der Waals surface area (Å²) in [5.41, 5.74) is 0.957. The molecular formula is C15H15NOS. The van der Waals surface area contributed by atoms with Crippen molar-refractivity contribution in [2.75, 3.05) is 7.05 Å². The highest BCUT2D eigenvalue weighted by molar-refractivity contribution is 7.09. The first-order chi connectivity index (χ1) is 8.86. The smallest absolute Gasteiger partial charge is 0.134 e. The monoisotopic (exact) mass is 257 g/mol. The van der Waals surface area contributed by atoms with Crippen LogP contribution in [0.3, 0.4) is 0 Å². The Morgan fingerprint density at radius 1 is 1.22 bits per heavy atom. The number of rotatable bonds is 4. The lowest BCUT2D eigenvalue weighted by Crippen LogP contribution is -2.17. The van der Waals surface area contributed by atoms with Crippen molar-refractivity contribution in [3.05, 3.63) is 58.5 Å². The van der Waals surface area contributed by atoms with Gasteiger partial charge in [-0.1, -0.05) is 24.3 Å². The second-order valence-electron chi connectivity index (χ2n) is 4.31. The van der Waals surface area contributed by atoms with E-state index in [4.69, 9.17) is 4.42 Å². The number of furan rings is 1. The number of hydrogen-bond acceptors (Lipinski definition) is 3. The Hall–Kier alpha value is -1.58. The van der Waals surface area contributed by atoms with Gasteiger partial charge in [-0.05, 0) is 30.6 Å². The highest BCUT2D eigenvalue weighted by atomic mass is 32.1. The summed E-state index contributed by atoms with van der Waals surface area (Å²) in [5.74, 6) is 1.01. The fourth-order valence-corrected chi connectivity index (χ4v) is 2.90. The van der Waals surface area contributed by atoms with E-state index >= 15 is 0 Å². The van der Waals surface area contributed by atoms with Crippen molar-refractivity contribution in [1.29, 1.82) is 0 Å². The average molecular weight is 257 g/mol. The molecule has 0 saturated carbocycles. The van der Waals surface area contributed by atoms with E-state index in [1.54, 1.807) is 11.3 Å². The minimum atomic E-state index is 0.232. The van der Waals surface area contributed by atoms with Crippen LogP contribution in [0.15, 0.2) is 52.3 Å². The van der Waals surface area contributed by atoms with E-state index in [0.717, 1.165) is 17.8 Å². The molecule has 0 saturated heterocycles. The van der Waals surface area contributed by atoms with Gasteiger partial charge in [0.25, 0.3) is 0 Å². The quantitative estimate of drug-likeness (QED) is 0.764. The number of benzene rings is 1. The molecule has 1 aromatic carbocycles. The summed E-state index contributed by atoms with van der Waals surface area (Å²) in [6.07, 6.45) is 0.966. The minimum Gasteiger partial charge on any atom is -0.459 e. The van der Waals surface area contributed by atoms with Gasteiger partial charge in [-0.25, -0.2) is 0 Å². The highest BCUT2D eigenvalue weighted by Crippen LogP contribution is 2.26. The molecule has 18 heavy (non-hydrogen) atoms. The highest BCUT2D eigenvalue weighted by Gasteiger charge is 2.15. The van der Waals surface area contributed by atoms with Crippen molar-refractivity contribution in [3.8, 4) is 0 Å². The van der Waals surface area contributed by atoms with Gasteiger partial charge in [-0.3, -0.25) is 0 Å². The molecule has 92 valence electrons. The fourth-order valence-electron chi connectivity index (χ4n) is 2.15.